The number of carbonyl (C=O) groups excluding carboxylic acids is 2. The van der Waals surface area contributed by atoms with Gasteiger partial charge in [-0.2, -0.15) is 0 Å². The number of nitro benzene ring substituents is 1. The zero-order chi connectivity index (χ0) is 15.7. The number of ether oxygens (including phenoxy) is 2. The number of nitrogens with zero attached hydrogens (tertiary/aromatic N) is 1. The second-order valence-corrected chi connectivity index (χ2v) is 3.77. The molecule has 0 aliphatic rings. The van der Waals surface area contributed by atoms with Crippen LogP contribution in [0.15, 0.2) is 36.9 Å². The standard InChI is InChI=1S/C13H14N2O6/c1-2-7-14-12(16)8-21-13(17)9-20-11-6-4-3-5-10(11)15(18)19/h2-6H,1,7-9H2,(H,14,16). The highest BCUT2D eigenvalue weighted by Crippen LogP contribution is 2.25. The van der Waals surface area contributed by atoms with Gasteiger partial charge in [-0.25, -0.2) is 4.79 Å². The maximum Gasteiger partial charge on any atom is 0.344 e. The lowest BCUT2D eigenvalue weighted by atomic mass is 10.3. The molecule has 0 aliphatic heterocycles. The van der Waals surface area contributed by atoms with Gasteiger partial charge in [-0.3, -0.25) is 14.9 Å². The number of nitrogens with one attached hydrogen (secondary N) is 1. The molecule has 112 valence electrons. The molecule has 1 aromatic rings. The zero-order valence-corrected chi connectivity index (χ0v) is 11.1. The van der Waals surface area contributed by atoms with Crippen LogP contribution < -0.4 is 10.1 Å². The summed E-state index contributed by atoms with van der Waals surface area (Å²) in [6, 6.07) is 5.63. The Morgan fingerprint density at radius 3 is 2.71 bits per heavy atom. The minimum Gasteiger partial charge on any atom is -0.475 e. The van der Waals surface area contributed by atoms with E-state index in [1.54, 1.807) is 0 Å². The number of amides is 1. The second-order valence-electron chi connectivity index (χ2n) is 3.77. The fourth-order valence-corrected chi connectivity index (χ4v) is 1.29. The number of nitro groups is 1. The number of hydrogen-bond acceptors (Lipinski definition) is 6. The third-order valence-electron chi connectivity index (χ3n) is 2.22. The Morgan fingerprint density at radius 2 is 2.05 bits per heavy atom. The molecule has 0 fully saturated rings. The van der Waals surface area contributed by atoms with Crippen molar-refractivity contribution in [3.63, 3.8) is 0 Å². The first kappa shape index (κ1) is 16.2. The molecule has 8 nitrogen and oxygen atoms in total. The van der Waals surface area contributed by atoms with E-state index in [0.29, 0.717) is 0 Å². The van der Waals surface area contributed by atoms with Crippen LogP contribution in [0, 0.1) is 10.1 Å². The van der Waals surface area contributed by atoms with Crippen molar-refractivity contribution in [2.45, 2.75) is 0 Å². The Labute approximate surface area is 120 Å². The van der Waals surface area contributed by atoms with Gasteiger partial charge in [-0.1, -0.05) is 18.2 Å². The normalized spacial score (nSPS) is 9.52. The molecular weight excluding hydrogens is 280 g/mol. The topological polar surface area (TPSA) is 108 Å². The van der Waals surface area contributed by atoms with E-state index >= 15 is 0 Å². The lowest BCUT2D eigenvalue weighted by molar-refractivity contribution is -0.385. The lowest BCUT2D eigenvalue weighted by Crippen LogP contribution is -2.29. The lowest BCUT2D eigenvalue weighted by Gasteiger charge is -2.07. The predicted octanol–water partition coefficient (Wildman–Crippen LogP) is 0.819. The molecule has 1 rings (SSSR count). The van der Waals surface area contributed by atoms with Crippen molar-refractivity contribution < 1.29 is 24.0 Å². The third-order valence-corrected chi connectivity index (χ3v) is 2.22. The first-order valence-electron chi connectivity index (χ1n) is 5.94. The zero-order valence-electron chi connectivity index (χ0n) is 11.1. The molecule has 8 heteroatoms. The number of hydrogen-bond donors (Lipinski definition) is 1. The minimum absolute atomic E-state index is 0.0458. The first-order valence-corrected chi connectivity index (χ1v) is 5.94. The van der Waals surface area contributed by atoms with Crippen LogP contribution in [-0.4, -0.2) is 36.6 Å². The maximum absolute atomic E-state index is 11.4. The second kappa shape index (κ2) is 8.31. The summed E-state index contributed by atoms with van der Waals surface area (Å²) in [5, 5.41) is 13.2. The van der Waals surface area contributed by atoms with Gasteiger partial charge in [0.05, 0.1) is 4.92 Å². The Hall–Kier alpha value is -2.90. The number of para-hydroxylation sites is 2. The number of carbonyl (C=O) groups is 2. The predicted molar refractivity (Wildman–Crippen MR) is 72.8 cm³/mol. The molecule has 1 aromatic carbocycles. The molecular formula is C13H14N2O6. The van der Waals surface area contributed by atoms with Gasteiger partial charge in [0, 0.05) is 12.6 Å². The van der Waals surface area contributed by atoms with Gasteiger partial charge in [-0.05, 0) is 6.07 Å². The molecule has 1 amide bonds. The highest BCUT2D eigenvalue weighted by Gasteiger charge is 2.15. The summed E-state index contributed by atoms with van der Waals surface area (Å²) in [5.41, 5.74) is -0.256. The van der Waals surface area contributed by atoms with E-state index in [1.165, 1.54) is 30.3 Å². The molecule has 0 bridgehead atoms. The summed E-state index contributed by atoms with van der Waals surface area (Å²) in [6.45, 7) is 2.70. The van der Waals surface area contributed by atoms with Crippen LogP contribution in [0.25, 0.3) is 0 Å². The molecule has 0 aliphatic carbocycles. The van der Waals surface area contributed by atoms with Crippen molar-refractivity contribution in [2.75, 3.05) is 19.8 Å². The van der Waals surface area contributed by atoms with E-state index < -0.39 is 30.0 Å². The van der Waals surface area contributed by atoms with Crippen molar-refractivity contribution in [2.24, 2.45) is 0 Å². The van der Waals surface area contributed by atoms with Crippen molar-refractivity contribution in [1.82, 2.24) is 5.32 Å². The molecule has 1 N–H and O–H groups in total. The molecule has 0 radical (unpaired) electrons. The number of rotatable bonds is 8. The highest BCUT2D eigenvalue weighted by molar-refractivity contribution is 5.81. The van der Waals surface area contributed by atoms with Gasteiger partial charge < -0.3 is 14.8 Å². The number of benzene rings is 1. The Morgan fingerprint density at radius 1 is 1.33 bits per heavy atom. The summed E-state index contributed by atoms with van der Waals surface area (Å²) in [5.74, 6) is -1.33. The third kappa shape index (κ3) is 5.72. The van der Waals surface area contributed by atoms with E-state index in [9.17, 15) is 19.7 Å². The molecule has 0 saturated carbocycles. The first-order chi connectivity index (χ1) is 10.0. The maximum atomic E-state index is 11.4. The summed E-state index contributed by atoms with van der Waals surface area (Å²) >= 11 is 0. The minimum atomic E-state index is -0.804. The van der Waals surface area contributed by atoms with Crippen molar-refractivity contribution in [3.05, 3.63) is 47.0 Å². The largest absolute Gasteiger partial charge is 0.475 e. The van der Waals surface area contributed by atoms with E-state index in [1.807, 2.05) is 0 Å². The van der Waals surface area contributed by atoms with E-state index in [-0.39, 0.29) is 18.0 Å². The van der Waals surface area contributed by atoms with Crippen LogP contribution in [0.1, 0.15) is 0 Å². The Bertz CT molecular complexity index is 543. The van der Waals surface area contributed by atoms with Crippen LogP contribution in [0.3, 0.4) is 0 Å². The molecule has 0 saturated heterocycles. The summed E-state index contributed by atoms with van der Waals surface area (Å²) in [7, 11) is 0. The van der Waals surface area contributed by atoms with E-state index in [2.05, 4.69) is 16.6 Å². The van der Waals surface area contributed by atoms with Crippen molar-refractivity contribution >= 4 is 17.6 Å². The van der Waals surface area contributed by atoms with Gasteiger partial charge in [0.2, 0.25) is 0 Å². The van der Waals surface area contributed by atoms with E-state index in [0.717, 1.165) is 0 Å². The SMILES string of the molecule is C=CCNC(=O)COC(=O)COc1ccccc1[N+](=O)[O-]. The van der Waals surface area contributed by atoms with Crippen LogP contribution in [0.2, 0.25) is 0 Å². The fraction of sp³-hybridized carbons (Fsp3) is 0.231. The summed E-state index contributed by atoms with van der Waals surface area (Å²) in [6.07, 6.45) is 1.48. The van der Waals surface area contributed by atoms with Gasteiger partial charge >= 0.3 is 11.7 Å². The summed E-state index contributed by atoms with van der Waals surface area (Å²) < 4.78 is 9.65. The van der Waals surface area contributed by atoms with Crippen LogP contribution in [-0.2, 0) is 14.3 Å². The Balaban J connectivity index is 2.41. The van der Waals surface area contributed by atoms with Crippen LogP contribution in [0.4, 0.5) is 5.69 Å². The highest BCUT2D eigenvalue weighted by atomic mass is 16.6. The van der Waals surface area contributed by atoms with Crippen molar-refractivity contribution in [1.29, 1.82) is 0 Å². The molecule has 0 aromatic heterocycles. The Kier molecular flexibility index (Phi) is 6.39. The van der Waals surface area contributed by atoms with E-state index in [4.69, 9.17) is 4.74 Å². The summed E-state index contributed by atoms with van der Waals surface area (Å²) in [4.78, 5) is 32.6. The number of esters is 1. The monoisotopic (exact) mass is 294 g/mol. The van der Waals surface area contributed by atoms with Gasteiger partial charge in [0.1, 0.15) is 0 Å². The van der Waals surface area contributed by atoms with Crippen LogP contribution in [0.5, 0.6) is 5.75 Å². The molecule has 21 heavy (non-hydrogen) atoms. The molecule has 0 unspecified atom stereocenters. The quantitative estimate of drug-likeness (QED) is 0.329. The molecule has 0 heterocycles. The van der Waals surface area contributed by atoms with Gasteiger partial charge in [0.25, 0.3) is 5.91 Å². The van der Waals surface area contributed by atoms with Gasteiger partial charge in [-0.15, -0.1) is 6.58 Å². The van der Waals surface area contributed by atoms with Crippen LogP contribution >= 0.6 is 0 Å². The average Bonchev–Trinajstić information content (AvgIpc) is 2.48. The average molecular weight is 294 g/mol. The molecule has 0 spiro atoms. The van der Waals surface area contributed by atoms with Crippen molar-refractivity contribution in [3.8, 4) is 5.75 Å². The van der Waals surface area contributed by atoms with Gasteiger partial charge in [0.15, 0.2) is 19.0 Å². The molecule has 0 atom stereocenters. The smallest absolute Gasteiger partial charge is 0.344 e. The fourth-order valence-electron chi connectivity index (χ4n) is 1.29.